The molecule has 1 unspecified atom stereocenters. The van der Waals surface area contributed by atoms with Crippen molar-refractivity contribution in [3.8, 4) is 0 Å². The van der Waals surface area contributed by atoms with Gasteiger partial charge in [-0.2, -0.15) is 0 Å². The summed E-state index contributed by atoms with van der Waals surface area (Å²) in [7, 11) is 0. The molecule has 0 saturated heterocycles. The highest BCUT2D eigenvalue weighted by molar-refractivity contribution is 5.80. The van der Waals surface area contributed by atoms with Crippen molar-refractivity contribution in [3.63, 3.8) is 0 Å². The molecule has 1 rings (SSSR count). The Morgan fingerprint density at radius 1 is 1.17 bits per heavy atom. The first-order valence-electron chi connectivity index (χ1n) is 8.99. The number of rotatable bonds is 11. The third kappa shape index (κ3) is 7.15. The maximum atomic E-state index is 14.5. The van der Waals surface area contributed by atoms with Gasteiger partial charge in [0, 0.05) is 18.9 Å². The lowest BCUT2D eigenvalue weighted by atomic mass is 10.0. The second-order valence-electron chi connectivity index (χ2n) is 6.85. The number of hydrogen-bond acceptors (Lipinski definition) is 2. The third-order valence-electron chi connectivity index (χ3n) is 4.43. The number of halogens is 1. The Balaban J connectivity index is 2.41. The van der Waals surface area contributed by atoms with Crippen LogP contribution in [-0.4, -0.2) is 12.3 Å². The zero-order valence-electron chi connectivity index (χ0n) is 15.1. The summed E-state index contributed by atoms with van der Waals surface area (Å²) >= 11 is 0. The summed E-state index contributed by atoms with van der Waals surface area (Å²) in [6.45, 7) is 8.98. The number of hydrogen-bond donors (Lipinski definition) is 1. The highest BCUT2D eigenvalue weighted by Crippen LogP contribution is 2.21. The summed E-state index contributed by atoms with van der Waals surface area (Å²) in [6.07, 6.45) is 5.28. The van der Waals surface area contributed by atoms with Gasteiger partial charge >= 0.3 is 0 Å². The van der Waals surface area contributed by atoms with Crippen LogP contribution in [0.3, 0.4) is 0 Å². The average molecular weight is 321 g/mol. The van der Waals surface area contributed by atoms with E-state index >= 15 is 0 Å². The standard InChI is InChI=1S/C20H32FNO/c1-5-16(4)14-22-18-12-9-11-17(20(18)21)10-7-6-8-13-19(23)15(2)3/h9,11-12,15-16,22H,5-8,10,13-14H2,1-4H3. The largest absolute Gasteiger partial charge is 0.382 e. The van der Waals surface area contributed by atoms with Crippen molar-refractivity contribution in [2.75, 3.05) is 11.9 Å². The minimum absolute atomic E-state index is 0.117. The lowest BCUT2D eigenvalue weighted by Gasteiger charge is -2.14. The molecule has 0 radical (unpaired) electrons. The van der Waals surface area contributed by atoms with Crippen LogP contribution >= 0.6 is 0 Å². The first kappa shape index (κ1) is 19.7. The van der Waals surface area contributed by atoms with Crippen LogP contribution in [0.1, 0.15) is 65.4 Å². The van der Waals surface area contributed by atoms with Gasteiger partial charge in [0.25, 0.3) is 0 Å². The van der Waals surface area contributed by atoms with E-state index in [2.05, 4.69) is 19.2 Å². The SMILES string of the molecule is CCC(C)CNc1cccc(CCCCCC(=O)C(C)C)c1F. The van der Waals surface area contributed by atoms with Gasteiger partial charge in [0.2, 0.25) is 0 Å². The molecular formula is C20H32FNO. The van der Waals surface area contributed by atoms with E-state index in [1.807, 2.05) is 32.0 Å². The predicted molar refractivity (Wildman–Crippen MR) is 96.4 cm³/mol. The molecule has 23 heavy (non-hydrogen) atoms. The lowest BCUT2D eigenvalue weighted by molar-refractivity contribution is -0.122. The lowest BCUT2D eigenvalue weighted by Crippen LogP contribution is -2.12. The summed E-state index contributed by atoms with van der Waals surface area (Å²) in [5.74, 6) is 0.874. The minimum atomic E-state index is -0.117. The number of nitrogens with one attached hydrogen (secondary N) is 1. The van der Waals surface area contributed by atoms with Crippen LogP contribution in [0.5, 0.6) is 0 Å². The molecule has 0 fully saturated rings. The molecule has 130 valence electrons. The molecule has 0 spiro atoms. The molecule has 0 saturated carbocycles. The van der Waals surface area contributed by atoms with Crippen LogP contribution in [0.25, 0.3) is 0 Å². The van der Waals surface area contributed by atoms with Crippen molar-refractivity contribution in [1.29, 1.82) is 0 Å². The summed E-state index contributed by atoms with van der Waals surface area (Å²) in [4.78, 5) is 11.6. The minimum Gasteiger partial charge on any atom is -0.382 e. The topological polar surface area (TPSA) is 29.1 Å². The van der Waals surface area contributed by atoms with Crippen LogP contribution in [0.2, 0.25) is 0 Å². The zero-order chi connectivity index (χ0) is 17.2. The monoisotopic (exact) mass is 321 g/mol. The quantitative estimate of drug-likeness (QED) is 0.537. The molecule has 3 heteroatoms. The molecule has 0 aliphatic carbocycles. The van der Waals surface area contributed by atoms with Gasteiger partial charge in [0.1, 0.15) is 11.6 Å². The number of carbonyl (C=O) groups excluding carboxylic acids is 1. The van der Waals surface area contributed by atoms with Crippen LogP contribution in [0, 0.1) is 17.7 Å². The third-order valence-corrected chi connectivity index (χ3v) is 4.43. The molecule has 1 aromatic carbocycles. The molecule has 1 aromatic rings. The molecule has 0 heterocycles. The smallest absolute Gasteiger partial charge is 0.149 e. The van der Waals surface area contributed by atoms with Gasteiger partial charge in [0.15, 0.2) is 0 Å². The van der Waals surface area contributed by atoms with Crippen LogP contribution in [0.4, 0.5) is 10.1 Å². The van der Waals surface area contributed by atoms with Gasteiger partial charge in [-0.05, 0) is 36.8 Å². The number of benzene rings is 1. The van der Waals surface area contributed by atoms with Gasteiger partial charge in [0.05, 0.1) is 5.69 Å². The molecular weight excluding hydrogens is 289 g/mol. The maximum Gasteiger partial charge on any atom is 0.149 e. The Kier molecular flexibility index (Phi) is 8.90. The van der Waals surface area contributed by atoms with Crippen molar-refractivity contribution in [1.82, 2.24) is 0 Å². The van der Waals surface area contributed by atoms with E-state index in [1.165, 1.54) is 0 Å². The zero-order valence-corrected chi connectivity index (χ0v) is 15.1. The molecule has 1 atom stereocenters. The Labute approximate surface area is 140 Å². The van der Waals surface area contributed by atoms with Gasteiger partial charge < -0.3 is 5.32 Å². The van der Waals surface area contributed by atoms with E-state index < -0.39 is 0 Å². The summed E-state index contributed by atoms with van der Waals surface area (Å²) in [6, 6.07) is 5.59. The number of Topliss-reactive ketones (excluding diaryl/α,β-unsaturated/α-hetero) is 1. The Bertz CT molecular complexity index is 485. The maximum absolute atomic E-state index is 14.5. The Hall–Kier alpha value is -1.38. The predicted octanol–water partition coefficient (Wildman–Crippen LogP) is 5.61. The van der Waals surface area contributed by atoms with Crippen molar-refractivity contribution < 1.29 is 9.18 Å². The van der Waals surface area contributed by atoms with Gasteiger partial charge in [-0.3, -0.25) is 4.79 Å². The molecule has 1 N–H and O–H groups in total. The molecule has 0 aliphatic heterocycles. The summed E-state index contributed by atoms with van der Waals surface area (Å²) < 4.78 is 14.5. The van der Waals surface area contributed by atoms with E-state index in [4.69, 9.17) is 0 Å². The highest BCUT2D eigenvalue weighted by atomic mass is 19.1. The van der Waals surface area contributed by atoms with Gasteiger partial charge in [-0.25, -0.2) is 4.39 Å². The molecule has 0 bridgehead atoms. The fourth-order valence-electron chi connectivity index (χ4n) is 2.42. The second kappa shape index (κ2) is 10.4. The number of carbonyl (C=O) groups is 1. The van der Waals surface area contributed by atoms with Gasteiger partial charge in [-0.1, -0.05) is 52.7 Å². The van der Waals surface area contributed by atoms with Crippen molar-refractivity contribution in [2.45, 2.75) is 66.2 Å². The van der Waals surface area contributed by atoms with Crippen molar-refractivity contribution >= 4 is 11.5 Å². The van der Waals surface area contributed by atoms with Crippen LogP contribution in [-0.2, 0) is 11.2 Å². The first-order chi connectivity index (χ1) is 11.0. The molecule has 0 aliphatic rings. The van der Waals surface area contributed by atoms with Crippen molar-refractivity contribution in [2.24, 2.45) is 11.8 Å². The van der Waals surface area contributed by atoms with E-state index in [0.717, 1.165) is 44.2 Å². The highest BCUT2D eigenvalue weighted by Gasteiger charge is 2.09. The van der Waals surface area contributed by atoms with Crippen LogP contribution < -0.4 is 5.32 Å². The van der Waals surface area contributed by atoms with E-state index in [9.17, 15) is 9.18 Å². The fourth-order valence-corrected chi connectivity index (χ4v) is 2.42. The van der Waals surface area contributed by atoms with Crippen LogP contribution in [0.15, 0.2) is 18.2 Å². The van der Waals surface area contributed by atoms with E-state index in [-0.39, 0.29) is 11.7 Å². The van der Waals surface area contributed by atoms with Gasteiger partial charge in [-0.15, -0.1) is 0 Å². The Morgan fingerprint density at radius 3 is 2.57 bits per heavy atom. The molecule has 2 nitrogen and oxygen atoms in total. The first-order valence-corrected chi connectivity index (χ1v) is 8.99. The molecule has 0 aromatic heterocycles. The molecule has 0 amide bonds. The second-order valence-corrected chi connectivity index (χ2v) is 6.85. The number of anilines is 1. The van der Waals surface area contributed by atoms with E-state index in [0.29, 0.717) is 23.8 Å². The number of ketones is 1. The summed E-state index contributed by atoms with van der Waals surface area (Å²) in [5, 5.41) is 3.21. The van der Waals surface area contributed by atoms with E-state index in [1.54, 1.807) is 0 Å². The average Bonchev–Trinajstić information content (AvgIpc) is 2.54. The normalized spacial score (nSPS) is 12.4. The number of aryl methyl sites for hydroxylation is 1. The number of unbranched alkanes of at least 4 members (excludes halogenated alkanes) is 2. The van der Waals surface area contributed by atoms with Crippen molar-refractivity contribution in [3.05, 3.63) is 29.6 Å². The fraction of sp³-hybridized carbons (Fsp3) is 0.650. The Morgan fingerprint density at radius 2 is 1.91 bits per heavy atom. The summed E-state index contributed by atoms with van der Waals surface area (Å²) in [5.41, 5.74) is 1.38.